The Morgan fingerprint density at radius 3 is 2.66 bits per heavy atom. The number of ether oxygens (including phenoxy) is 1. The van der Waals surface area contributed by atoms with Gasteiger partial charge < -0.3 is 15.2 Å². The summed E-state index contributed by atoms with van der Waals surface area (Å²) in [6.45, 7) is 0.199. The molecule has 0 unspecified atom stereocenters. The zero-order valence-electron chi connectivity index (χ0n) is 17.3. The van der Waals surface area contributed by atoms with Crippen LogP contribution in [-0.2, 0) is 6.18 Å². The van der Waals surface area contributed by atoms with E-state index in [1.807, 2.05) is 10.9 Å². The van der Waals surface area contributed by atoms with Gasteiger partial charge in [0.25, 0.3) is 5.91 Å². The summed E-state index contributed by atoms with van der Waals surface area (Å²) < 4.78 is 45.9. The number of aliphatic hydroxyl groups excluding tert-OH is 1. The molecule has 0 atom stereocenters. The van der Waals surface area contributed by atoms with Crippen LogP contribution >= 0.6 is 0 Å². The van der Waals surface area contributed by atoms with Crippen LogP contribution < -0.4 is 10.1 Å². The Morgan fingerprint density at radius 2 is 2.00 bits per heavy atom. The van der Waals surface area contributed by atoms with E-state index in [-0.39, 0.29) is 18.3 Å². The molecule has 0 saturated heterocycles. The first-order valence-electron chi connectivity index (χ1n) is 10.2. The van der Waals surface area contributed by atoms with Gasteiger partial charge in [-0.3, -0.25) is 14.5 Å². The third-order valence-corrected chi connectivity index (χ3v) is 5.70. The first kappa shape index (κ1) is 22.0. The van der Waals surface area contributed by atoms with Crippen LogP contribution in [0.15, 0.2) is 30.7 Å². The minimum Gasteiger partial charge on any atom is -0.494 e. The van der Waals surface area contributed by atoms with Gasteiger partial charge in [0.15, 0.2) is 5.69 Å². The maximum atomic E-state index is 12.9. The van der Waals surface area contributed by atoms with Crippen molar-refractivity contribution < 1.29 is 27.8 Å². The van der Waals surface area contributed by atoms with Gasteiger partial charge in [-0.05, 0) is 37.7 Å². The molecule has 2 aromatic heterocycles. The maximum absolute atomic E-state index is 12.9. The van der Waals surface area contributed by atoms with Crippen molar-refractivity contribution in [2.45, 2.75) is 37.9 Å². The summed E-state index contributed by atoms with van der Waals surface area (Å²) in [5, 5.41) is 17.3. The lowest BCUT2D eigenvalue weighted by Gasteiger charge is -2.27. The number of anilines is 1. The highest BCUT2D eigenvalue weighted by molar-refractivity contribution is 6.04. The number of carbonyl (C=O) groups is 1. The minimum absolute atomic E-state index is 0.199. The van der Waals surface area contributed by atoms with Gasteiger partial charge in [-0.1, -0.05) is 0 Å². The number of aliphatic hydroxyl groups is 1. The van der Waals surface area contributed by atoms with Crippen LogP contribution in [0.4, 0.5) is 18.9 Å². The SMILES string of the molecule is COc1cc2nn([C@H]3CC[C@H](CO)CC3)cc2cc1NC(=O)c1cncc(C(F)(F)F)n1. The molecule has 32 heavy (non-hydrogen) atoms. The number of fused-ring (bicyclic) bond motifs is 1. The molecule has 0 radical (unpaired) electrons. The number of nitrogens with one attached hydrogen (secondary N) is 1. The van der Waals surface area contributed by atoms with Gasteiger partial charge in [-0.25, -0.2) is 4.98 Å². The van der Waals surface area contributed by atoms with Crippen LogP contribution in [0.5, 0.6) is 5.75 Å². The smallest absolute Gasteiger partial charge is 0.434 e. The molecule has 1 aliphatic carbocycles. The van der Waals surface area contributed by atoms with Gasteiger partial charge in [0.2, 0.25) is 0 Å². The maximum Gasteiger partial charge on any atom is 0.434 e. The van der Waals surface area contributed by atoms with E-state index in [2.05, 4.69) is 20.4 Å². The number of hydrogen-bond donors (Lipinski definition) is 2. The summed E-state index contributed by atoms with van der Waals surface area (Å²) in [5.74, 6) is -0.187. The Kier molecular flexibility index (Phi) is 6.00. The van der Waals surface area contributed by atoms with Crippen molar-refractivity contribution in [2.24, 2.45) is 5.92 Å². The number of hydrogen-bond acceptors (Lipinski definition) is 6. The number of alkyl halides is 3. The van der Waals surface area contributed by atoms with Crippen LogP contribution in [0.25, 0.3) is 10.9 Å². The van der Waals surface area contributed by atoms with Crippen molar-refractivity contribution in [3.63, 3.8) is 0 Å². The Balaban J connectivity index is 1.58. The third-order valence-electron chi connectivity index (χ3n) is 5.70. The topological polar surface area (TPSA) is 102 Å². The van der Waals surface area contributed by atoms with Gasteiger partial charge in [-0.2, -0.15) is 18.3 Å². The van der Waals surface area contributed by atoms with Crippen molar-refractivity contribution in [1.82, 2.24) is 19.7 Å². The monoisotopic (exact) mass is 449 g/mol. The summed E-state index contributed by atoms with van der Waals surface area (Å²) >= 11 is 0. The number of halogens is 3. The highest BCUT2D eigenvalue weighted by atomic mass is 19.4. The van der Waals surface area contributed by atoms with Crippen LogP contribution in [0.3, 0.4) is 0 Å². The quantitative estimate of drug-likeness (QED) is 0.614. The van der Waals surface area contributed by atoms with E-state index in [9.17, 15) is 23.1 Å². The lowest BCUT2D eigenvalue weighted by Crippen LogP contribution is -2.20. The predicted molar refractivity (Wildman–Crippen MR) is 109 cm³/mol. The van der Waals surface area contributed by atoms with Crippen LogP contribution in [0.2, 0.25) is 0 Å². The first-order valence-corrected chi connectivity index (χ1v) is 10.2. The van der Waals surface area contributed by atoms with Crippen molar-refractivity contribution in [2.75, 3.05) is 19.0 Å². The largest absolute Gasteiger partial charge is 0.494 e. The molecule has 1 amide bonds. The highest BCUT2D eigenvalue weighted by Gasteiger charge is 2.33. The molecule has 8 nitrogen and oxygen atoms in total. The van der Waals surface area contributed by atoms with Gasteiger partial charge >= 0.3 is 6.18 Å². The molecule has 1 saturated carbocycles. The fraction of sp³-hybridized carbons (Fsp3) is 0.429. The van der Waals surface area contributed by atoms with Crippen molar-refractivity contribution in [3.8, 4) is 5.75 Å². The molecule has 0 aliphatic heterocycles. The fourth-order valence-electron chi connectivity index (χ4n) is 3.92. The summed E-state index contributed by atoms with van der Waals surface area (Å²) in [6, 6.07) is 3.55. The Labute approximate surface area is 181 Å². The molecule has 4 rings (SSSR count). The predicted octanol–water partition coefficient (Wildman–Crippen LogP) is 3.83. The Morgan fingerprint density at radius 1 is 1.25 bits per heavy atom. The van der Waals surface area contributed by atoms with E-state index < -0.39 is 23.5 Å². The zero-order chi connectivity index (χ0) is 22.9. The molecule has 1 aliphatic rings. The molecule has 1 fully saturated rings. The van der Waals surface area contributed by atoms with Gasteiger partial charge in [0.05, 0.1) is 36.7 Å². The number of nitrogens with zero attached hydrogens (tertiary/aromatic N) is 4. The van der Waals surface area contributed by atoms with Crippen molar-refractivity contribution >= 4 is 22.5 Å². The number of carbonyl (C=O) groups excluding carboxylic acids is 1. The lowest BCUT2D eigenvalue weighted by atomic mass is 9.87. The van der Waals surface area contributed by atoms with E-state index in [1.165, 1.54) is 7.11 Å². The van der Waals surface area contributed by atoms with Crippen molar-refractivity contribution in [1.29, 1.82) is 0 Å². The van der Waals surface area contributed by atoms with E-state index in [0.717, 1.165) is 37.3 Å². The third kappa shape index (κ3) is 4.52. The molecule has 0 spiro atoms. The van der Waals surface area contributed by atoms with Crippen molar-refractivity contribution in [3.05, 3.63) is 42.1 Å². The summed E-state index contributed by atoms with van der Waals surface area (Å²) in [5.41, 5.74) is -0.751. The average Bonchev–Trinajstić information content (AvgIpc) is 3.21. The van der Waals surface area contributed by atoms with E-state index in [0.29, 0.717) is 23.4 Å². The molecule has 2 N–H and O–H groups in total. The van der Waals surface area contributed by atoms with Crippen LogP contribution in [-0.4, -0.2) is 44.5 Å². The van der Waals surface area contributed by atoms with Gasteiger partial charge in [0.1, 0.15) is 11.4 Å². The second-order valence-electron chi connectivity index (χ2n) is 7.82. The summed E-state index contributed by atoms with van der Waals surface area (Å²) in [7, 11) is 1.42. The van der Waals surface area contributed by atoms with Gasteiger partial charge in [-0.15, -0.1) is 0 Å². The number of benzene rings is 1. The molecule has 1 aromatic carbocycles. The summed E-state index contributed by atoms with van der Waals surface area (Å²) in [4.78, 5) is 19.4. The molecule has 2 heterocycles. The number of methoxy groups -OCH3 is 1. The highest BCUT2D eigenvalue weighted by Crippen LogP contribution is 2.35. The van der Waals surface area contributed by atoms with E-state index >= 15 is 0 Å². The van der Waals surface area contributed by atoms with Crippen LogP contribution in [0, 0.1) is 5.92 Å². The number of rotatable bonds is 5. The number of amides is 1. The fourth-order valence-corrected chi connectivity index (χ4v) is 3.92. The lowest BCUT2D eigenvalue weighted by molar-refractivity contribution is -0.141. The zero-order valence-corrected chi connectivity index (χ0v) is 17.3. The second-order valence-corrected chi connectivity index (χ2v) is 7.82. The second kappa shape index (κ2) is 8.73. The molecule has 0 bridgehead atoms. The van der Waals surface area contributed by atoms with E-state index in [4.69, 9.17) is 4.74 Å². The van der Waals surface area contributed by atoms with Crippen LogP contribution in [0.1, 0.15) is 47.9 Å². The normalized spacial score (nSPS) is 19.2. The molecular weight excluding hydrogens is 427 g/mol. The molecule has 170 valence electrons. The Hall–Kier alpha value is -3.21. The minimum atomic E-state index is -4.70. The van der Waals surface area contributed by atoms with Gasteiger partial charge in [0, 0.05) is 24.3 Å². The summed E-state index contributed by atoms with van der Waals surface area (Å²) in [6.07, 6.45) is 2.38. The Bertz CT molecular complexity index is 1120. The number of aromatic nitrogens is 4. The standard InChI is InChI=1S/C21H22F3N5O3/c1-32-18-7-15-13(10-29(28-15)14-4-2-12(11-30)3-5-14)6-16(18)27-20(31)17-8-25-9-19(26-17)21(22,23)24/h6-10,12,14,30H,2-5,11H2,1H3,(H,27,31)/t12-,14-. The average molecular weight is 449 g/mol. The first-order chi connectivity index (χ1) is 15.3. The molecule has 3 aromatic rings. The molecular formula is C21H22F3N5O3. The van der Waals surface area contributed by atoms with E-state index in [1.54, 1.807) is 12.1 Å². The molecule has 11 heteroatoms.